The van der Waals surface area contributed by atoms with E-state index in [9.17, 15) is 0 Å². The molecule has 1 aromatic carbocycles. The molecule has 1 N–H and O–H groups in total. The molecule has 0 spiro atoms. The number of halogens is 1. The maximum absolute atomic E-state index is 6.28. The van der Waals surface area contributed by atoms with Gasteiger partial charge in [-0.3, -0.25) is 10.00 Å². The summed E-state index contributed by atoms with van der Waals surface area (Å²) in [7, 11) is 1.75. The molecule has 2 aromatic rings. The summed E-state index contributed by atoms with van der Waals surface area (Å²) in [5.41, 5.74) is 1.12. The Morgan fingerprint density at radius 1 is 1.43 bits per heavy atom. The van der Waals surface area contributed by atoms with Crippen LogP contribution in [0.2, 0.25) is 5.02 Å². The first kappa shape index (κ1) is 14.5. The molecule has 2 heterocycles. The van der Waals surface area contributed by atoms with Crippen LogP contribution in [-0.4, -0.2) is 39.8 Å². The quantitative estimate of drug-likeness (QED) is 0.943. The molecule has 0 radical (unpaired) electrons. The molecule has 0 bridgehead atoms. The summed E-state index contributed by atoms with van der Waals surface area (Å²) in [5, 5.41) is 8.03. The minimum absolute atomic E-state index is 0.163. The zero-order chi connectivity index (χ0) is 14.8. The highest BCUT2D eigenvalue weighted by Gasteiger charge is 2.35. The number of H-pyrrole nitrogens is 1. The lowest BCUT2D eigenvalue weighted by atomic mass is 10.1. The lowest BCUT2D eigenvalue weighted by molar-refractivity contribution is 0.107. The summed E-state index contributed by atoms with van der Waals surface area (Å²) >= 11 is 6.28. The van der Waals surface area contributed by atoms with Gasteiger partial charge in [0.05, 0.1) is 12.1 Å². The molecule has 6 heteroatoms. The molecule has 1 fully saturated rings. The summed E-state index contributed by atoms with van der Waals surface area (Å²) in [6.45, 7) is 3.55. The molecule has 5 nitrogen and oxygen atoms in total. The van der Waals surface area contributed by atoms with Gasteiger partial charge in [0, 0.05) is 25.2 Å². The number of hydrogen-bond donors (Lipinski definition) is 1. The van der Waals surface area contributed by atoms with E-state index in [4.69, 9.17) is 16.3 Å². The van der Waals surface area contributed by atoms with E-state index in [1.165, 1.54) is 0 Å². The normalized spacial score (nSPS) is 22.8. The number of aromatic amines is 1. The number of nitrogens with zero attached hydrogens (tertiary/aromatic N) is 3. The molecule has 1 saturated heterocycles. The summed E-state index contributed by atoms with van der Waals surface area (Å²) in [6, 6.07) is 8.10. The Labute approximate surface area is 129 Å². The summed E-state index contributed by atoms with van der Waals surface area (Å²) < 4.78 is 5.53. The number of aromatic nitrogens is 3. The highest BCUT2D eigenvalue weighted by atomic mass is 35.5. The summed E-state index contributed by atoms with van der Waals surface area (Å²) in [6.07, 6.45) is 1.11. The van der Waals surface area contributed by atoms with E-state index in [-0.39, 0.29) is 12.1 Å². The molecule has 0 saturated carbocycles. The Kier molecular flexibility index (Phi) is 4.24. The second-order valence-electron chi connectivity index (χ2n) is 5.41. The van der Waals surface area contributed by atoms with Gasteiger partial charge >= 0.3 is 0 Å². The third-order valence-corrected chi connectivity index (χ3v) is 4.31. The summed E-state index contributed by atoms with van der Waals surface area (Å²) in [4.78, 5) is 6.81. The van der Waals surface area contributed by atoms with Crippen molar-refractivity contribution in [3.63, 3.8) is 0 Å². The van der Waals surface area contributed by atoms with Gasteiger partial charge in [-0.05, 0) is 25.0 Å². The number of ether oxygens (including phenoxy) is 1. The van der Waals surface area contributed by atoms with Crippen LogP contribution in [0.25, 0.3) is 0 Å². The Morgan fingerprint density at radius 3 is 2.90 bits per heavy atom. The Hall–Kier alpha value is -1.43. The van der Waals surface area contributed by atoms with Gasteiger partial charge in [0.15, 0.2) is 5.82 Å². The third kappa shape index (κ3) is 3.10. The molecule has 0 amide bonds. The fraction of sp³-hybridized carbons (Fsp3) is 0.467. The predicted octanol–water partition coefficient (Wildman–Crippen LogP) is 2.73. The number of likely N-dealkylation sites (tertiary alicyclic amines) is 1. The number of hydrogen-bond acceptors (Lipinski definition) is 4. The van der Waals surface area contributed by atoms with Crippen LogP contribution in [0.4, 0.5) is 0 Å². The molecule has 1 aliphatic heterocycles. The first-order valence-electron chi connectivity index (χ1n) is 7.06. The average molecular weight is 307 g/mol. The van der Waals surface area contributed by atoms with E-state index in [2.05, 4.69) is 26.1 Å². The van der Waals surface area contributed by atoms with Gasteiger partial charge in [0.25, 0.3) is 0 Å². The van der Waals surface area contributed by atoms with E-state index in [0.29, 0.717) is 0 Å². The van der Waals surface area contributed by atoms with Crippen molar-refractivity contribution in [2.45, 2.75) is 32.0 Å². The molecule has 0 aliphatic carbocycles. The van der Waals surface area contributed by atoms with Crippen molar-refractivity contribution in [1.29, 1.82) is 0 Å². The van der Waals surface area contributed by atoms with Crippen molar-refractivity contribution >= 4 is 11.6 Å². The highest BCUT2D eigenvalue weighted by molar-refractivity contribution is 6.31. The van der Waals surface area contributed by atoms with Crippen molar-refractivity contribution in [1.82, 2.24) is 20.1 Å². The molecule has 21 heavy (non-hydrogen) atoms. The number of aryl methyl sites for hydroxylation is 1. The fourth-order valence-electron chi connectivity index (χ4n) is 2.83. The zero-order valence-electron chi connectivity index (χ0n) is 12.2. The number of nitrogens with one attached hydrogen (secondary N) is 1. The smallest absolute Gasteiger partial charge is 0.167 e. The molecular weight excluding hydrogens is 288 g/mol. The van der Waals surface area contributed by atoms with Crippen molar-refractivity contribution in [2.24, 2.45) is 0 Å². The van der Waals surface area contributed by atoms with Crippen LogP contribution >= 0.6 is 11.6 Å². The Balaban J connectivity index is 1.82. The Bertz CT molecular complexity index is 615. The van der Waals surface area contributed by atoms with E-state index < -0.39 is 0 Å². The van der Waals surface area contributed by atoms with Gasteiger partial charge in [0.2, 0.25) is 0 Å². The van der Waals surface area contributed by atoms with Crippen molar-refractivity contribution in [2.75, 3.05) is 13.7 Å². The standard InChI is InChI=1S/C15H19ClN4O/c1-10-17-15(19-18-10)14-7-12(21-2)9-20(14)8-11-5-3-4-6-13(11)16/h3-6,12,14H,7-9H2,1-2H3,(H,17,18,19)/t12-,14-/m0/s1. The van der Waals surface area contributed by atoms with E-state index in [1.54, 1.807) is 7.11 Å². The Morgan fingerprint density at radius 2 is 2.24 bits per heavy atom. The average Bonchev–Trinajstić information content (AvgIpc) is 3.07. The maximum atomic E-state index is 6.28. The fourth-order valence-corrected chi connectivity index (χ4v) is 3.03. The molecule has 112 valence electrons. The van der Waals surface area contributed by atoms with Gasteiger partial charge < -0.3 is 4.74 Å². The van der Waals surface area contributed by atoms with Gasteiger partial charge in [-0.15, -0.1) is 0 Å². The first-order valence-corrected chi connectivity index (χ1v) is 7.44. The molecule has 1 aliphatic rings. The lowest BCUT2D eigenvalue weighted by Gasteiger charge is -2.22. The molecule has 3 rings (SSSR count). The number of benzene rings is 1. The van der Waals surface area contributed by atoms with Gasteiger partial charge in [0.1, 0.15) is 5.82 Å². The third-order valence-electron chi connectivity index (χ3n) is 3.94. The second-order valence-corrected chi connectivity index (χ2v) is 5.82. The topological polar surface area (TPSA) is 54.0 Å². The SMILES string of the molecule is CO[C@H]1C[C@@H](c2n[nH]c(C)n2)N(Cc2ccccc2Cl)C1. The van der Waals surface area contributed by atoms with Gasteiger partial charge in [-0.1, -0.05) is 29.8 Å². The van der Waals surface area contributed by atoms with Gasteiger partial charge in [-0.25, -0.2) is 4.98 Å². The molecular formula is C15H19ClN4O. The van der Waals surface area contributed by atoms with E-state index in [1.807, 2.05) is 25.1 Å². The summed E-state index contributed by atoms with van der Waals surface area (Å²) in [5.74, 6) is 1.67. The maximum Gasteiger partial charge on any atom is 0.167 e. The van der Waals surface area contributed by atoms with E-state index >= 15 is 0 Å². The monoisotopic (exact) mass is 306 g/mol. The van der Waals surface area contributed by atoms with E-state index in [0.717, 1.165) is 41.7 Å². The van der Waals surface area contributed by atoms with Crippen LogP contribution in [0.5, 0.6) is 0 Å². The number of methoxy groups -OCH3 is 1. The van der Waals surface area contributed by atoms with Crippen LogP contribution < -0.4 is 0 Å². The van der Waals surface area contributed by atoms with Crippen molar-refractivity contribution in [3.8, 4) is 0 Å². The van der Waals surface area contributed by atoms with Crippen LogP contribution in [0.15, 0.2) is 24.3 Å². The minimum Gasteiger partial charge on any atom is -0.380 e. The zero-order valence-corrected chi connectivity index (χ0v) is 13.0. The highest BCUT2D eigenvalue weighted by Crippen LogP contribution is 2.33. The van der Waals surface area contributed by atoms with Crippen LogP contribution in [0.3, 0.4) is 0 Å². The second kappa shape index (κ2) is 6.13. The van der Waals surface area contributed by atoms with Crippen molar-refractivity contribution < 1.29 is 4.74 Å². The largest absolute Gasteiger partial charge is 0.380 e. The van der Waals surface area contributed by atoms with Crippen LogP contribution in [0, 0.1) is 6.92 Å². The molecule has 1 aromatic heterocycles. The lowest BCUT2D eigenvalue weighted by Crippen LogP contribution is -2.25. The molecule has 2 atom stereocenters. The predicted molar refractivity (Wildman–Crippen MR) is 81.1 cm³/mol. The van der Waals surface area contributed by atoms with Crippen LogP contribution in [0.1, 0.15) is 29.7 Å². The minimum atomic E-state index is 0.163. The van der Waals surface area contributed by atoms with Gasteiger partial charge in [-0.2, -0.15) is 5.10 Å². The molecule has 0 unspecified atom stereocenters. The first-order chi connectivity index (χ1) is 10.2. The van der Waals surface area contributed by atoms with Crippen molar-refractivity contribution in [3.05, 3.63) is 46.5 Å². The number of rotatable bonds is 4. The van der Waals surface area contributed by atoms with Crippen LogP contribution in [-0.2, 0) is 11.3 Å².